The number of hydrogen-bond acceptors (Lipinski definition) is 1. The fraction of sp³-hybridized carbons (Fsp3) is 0.238. The zero-order valence-corrected chi connectivity index (χ0v) is 15.5. The van der Waals surface area contributed by atoms with Gasteiger partial charge in [0.1, 0.15) is 0 Å². The van der Waals surface area contributed by atoms with Crippen molar-refractivity contribution in [3.8, 4) is 11.1 Å². The van der Waals surface area contributed by atoms with Crippen molar-refractivity contribution in [2.24, 2.45) is 0 Å². The monoisotopic (exact) mass is 367 g/mol. The highest BCUT2D eigenvalue weighted by atomic mass is 79.9. The van der Waals surface area contributed by atoms with Crippen LogP contribution < -0.4 is 5.32 Å². The van der Waals surface area contributed by atoms with Gasteiger partial charge < -0.3 is 5.32 Å². The van der Waals surface area contributed by atoms with Crippen LogP contribution in [0, 0.1) is 0 Å². The van der Waals surface area contributed by atoms with E-state index in [4.69, 9.17) is 0 Å². The highest BCUT2D eigenvalue weighted by Crippen LogP contribution is 2.49. The van der Waals surface area contributed by atoms with Crippen LogP contribution in [0.2, 0.25) is 0 Å². The van der Waals surface area contributed by atoms with Crippen LogP contribution in [0.4, 0.5) is 0 Å². The first-order chi connectivity index (χ1) is 11.0. The van der Waals surface area contributed by atoms with Crippen LogP contribution in [0.25, 0.3) is 16.7 Å². The van der Waals surface area contributed by atoms with Gasteiger partial charge in [-0.15, -0.1) is 0 Å². The van der Waals surface area contributed by atoms with Crippen molar-refractivity contribution < 1.29 is 0 Å². The van der Waals surface area contributed by atoms with Crippen LogP contribution in [-0.2, 0) is 5.41 Å². The fourth-order valence-electron chi connectivity index (χ4n) is 3.50. The smallest absolute Gasteiger partial charge is 0.0208 e. The van der Waals surface area contributed by atoms with E-state index in [1.807, 2.05) is 13.1 Å². The topological polar surface area (TPSA) is 12.0 Å². The largest absolute Gasteiger partial charge is 0.316 e. The molecule has 2 aromatic rings. The molecule has 0 atom stereocenters. The number of likely N-dealkylation sites (N-methyl/N-ethyl adjacent to an activating group) is 1. The summed E-state index contributed by atoms with van der Waals surface area (Å²) < 4.78 is 1.14. The Balaban J connectivity index is 2.16. The van der Waals surface area contributed by atoms with Crippen LogP contribution in [0.1, 0.15) is 30.5 Å². The lowest BCUT2D eigenvalue weighted by Gasteiger charge is -2.22. The summed E-state index contributed by atoms with van der Waals surface area (Å²) in [5, 5.41) is 3.24. The summed E-state index contributed by atoms with van der Waals surface area (Å²) in [4.78, 5) is 0. The Morgan fingerprint density at radius 3 is 2.43 bits per heavy atom. The van der Waals surface area contributed by atoms with Crippen molar-refractivity contribution in [1.82, 2.24) is 5.32 Å². The first kappa shape index (κ1) is 16.2. The molecule has 2 heteroatoms. The molecule has 1 aliphatic rings. The normalized spacial score (nSPS) is 15.2. The van der Waals surface area contributed by atoms with E-state index in [0.717, 1.165) is 11.0 Å². The molecule has 23 heavy (non-hydrogen) atoms. The summed E-state index contributed by atoms with van der Waals surface area (Å²) in [6.07, 6.45) is 3.95. The zero-order valence-electron chi connectivity index (χ0n) is 13.9. The maximum absolute atomic E-state index is 3.84. The highest BCUT2D eigenvalue weighted by molar-refractivity contribution is 9.10. The lowest BCUT2D eigenvalue weighted by atomic mass is 9.81. The number of rotatable bonds is 4. The average molecular weight is 368 g/mol. The Morgan fingerprint density at radius 2 is 1.78 bits per heavy atom. The Hall–Kier alpha value is -1.64. The molecule has 2 aromatic carbocycles. The SMILES string of the molecule is C=C/C=C(\CNC)c1ccc2c(c1)C(C)(C)c1cc(Br)ccc1-2. The number of benzene rings is 2. The summed E-state index contributed by atoms with van der Waals surface area (Å²) in [6.45, 7) is 9.30. The van der Waals surface area contributed by atoms with Gasteiger partial charge in [0.2, 0.25) is 0 Å². The summed E-state index contributed by atoms with van der Waals surface area (Å²) in [5.41, 5.74) is 8.03. The Morgan fingerprint density at radius 1 is 1.13 bits per heavy atom. The molecule has 1 N–H and O–H groups in total. The molecule has 0 aromatic heterocycles. The van der Waals surface area contributed by atoms with Crippen molar-refractivity contribution >= 4 is 21.5 Å². The van der Waals surface area contributed by atoms with Crippen LogP contribution in [0.3, 0.4) is 0 Å². The number of allylic oxidation sites excluding steroid dienone is 2. The quantitative estimate of drug-likeness (QED) is 0.699. The van der Waals surface area contributed by atoms with Gasteiger partial charge in [0, 0.05) is 16.4 Å². The molecule has 0 saturated carbocycles. The Bertz CT molecular complexity index is 799. The molecule has 3 rings (SSSR count). The van der Waals surface area contributed by atoms with Crippen molar-refractivity contribution in [1.29, 1.82) is 0 Å². The van der Waals surface area contributed by atoms with E-state index >= 15 is 0 Å². The second-order valence-electron chi connectivity index (χ2n) is 6.53. The molecule has 0 aliphatic heterocycles. The van der Waals surface area contributed by atoms with E-state index in [1.165, 1.54) is 33.4 Å². The number of fused-ring (bicyclic) bond motifs is 3. The van der Waals surface area contributed by atoms with Crippen molar-refractivity contribution in [2.45, 2.75) is 19.3 Å². The fourth-order valence-corrected chi connectivity index (χ4v) is 3.86. The van der Waals surface area contributed by atoms with Gasteiger partial charge in [-0.05, 0) is 58.6 Å². The minimum atomic E-state index is 0.0173. The molecule has 0 saturated heterocycles. The first-order valence-electron chi connectivity index (χ1n) is 7.90. The van der Waals surface area contributed by atoms with E-state index in [9.17, 15) is 0 Å². The lowest BCUT2D eigenvalue weighted by molar-refractivity contribution is 0.659. The molecule has 0 bridgehead atoms. The minimum absolute atomic E-state index is 0.0173. The third kappa shape index (κ3) is 2.71. The lowest BCUT2D eigenvalue weighted by Crippen LogP contribution is -2.16. The summed E-state index contributed by atoms with van der Waals surface area (Å²) in [5.74, 6) is 0. The Labute approximate surface area is 147 Å². The van der Waals surface area contributed by atoms with Gasteiger partial charge in [0.25, 0.3) is 0 Å². The second kappa shape index (κ2) is 6.10. The molecule has 0 unspecified atom stereocenters. The van der Waals surface area contributed by atoms with Crippen LogP contribution in [0.15, 0.2) is 59.6 Å². The minimum Gasteiger partial charge on any atom is -0.316 e. The van der Waals surface area contributed by atoms with Crippen LogP contribution >= 0.6 is 15.9 Å². The predicted molar refractivity (Wildman–Crippen MR) is 104 cm³/mol. The van der Waals surface area contributed by atoms with Gasteiger partial charge in [-0.3, -0.25) is 0 Å². The van der Waals surface area contributed by atoms with Crippen LogP contribution in [0.5, 0.6) is 0 Å². The molecule has 0 fully saturated rings. The molecule has 1 aliphatic carbocycles. The maximum atomic E-state index is 3.84. The molecule has 118 valence electrons. The third-order valence-corrected chi connectivity index (χ3v) is 5.19. The van der Waals surface area contributed by atoms with E-state index in [-0.39, 0.29) is 5.41 Å². The summed E-state index contributed by atoms with van der Waals surface area (Å²) >= 11 is 3.61. The molecule has 0 spiro atoms. The third-order valence-electron chi connectivity index (χ3n) is 4.70. The van der Waals surface area contributed by atoms with Gasteiger partial charge >= 0.3 is 0 Å². The molecule has 0 amide bonds. The van der Waals surface area contributed by atoms with Gasteiger partial charge in [-0.25, -0.2) is 0 Å². The van der Waals surface area contributed by atoms with Crippen molar-refractivity contribution in [3.63, 3.8) is 0 Å². The van der Waals surface area contributed by atoms with E-state index in [1.54, 1.807) is 0 Å². The molecular formula is C21H22BrN. The molecule has 0 radical (unpaired) electrons. The second-order valence-corrected chi connectivity index (χ2v) is 7.45. The van der Waals surface area contributed by atoms with Gasteiger partial charge in [0.05, 0.1) is 0 Å². The van der Waals surface area contributed by atoms with Gasteiger partial charge in [0.15, 0.2) is 0 Å². The average Bonchev–Trinajstić information content (AvgIpc) is 2.75. The summed E-state index contributed by atoms with van der Waals surface area (Å²) in [7, 11) is 1.97. The van der Waals surface area contributed by atoms with Crippen LogP contribution in [-0.4, -0.2) is 13.6 Å². The zero-order chi connectivity index (χ0) is 16.6. The molecular weight excluding hydrogens is 346 g/mol. The molecule has 0 heterocycles. The van der Waals surface area contributed by atoms with E-state index in [2.05, 4.69) is 84.1 Å². The van der Waals surface area contributed by atoms with Crippen molar-refractivity contribution in [3.05, 3.63) is 76.3 Å². The summed E-state index contributed by atoms with van der Waals surface area (Å²) in [6, 6.07) is 13.4. The number of halogens is 1. The van der Waals surface area contributed by atoms with E-state index in [0.29, 0.717) is 0 Å². The van der Waals surface area contributed by atoms with E-state index < -0.39 is 0 Å². The predicted octanol–water partition coefficient (Wildman–Crippen LogP) is 5.54. The van der Waals surface area contributed by atoms with Gasteiger partial charge in [-0.2, -0.15) is 0 Å². The molecule has 1 nitrogen and oxygen atoms in total. The van der Waals surface area contributed by atoms with Crippen molar-refractivity contribution in [2.75, 3.05) is 13.6 Å². The number of nitrogens with one attached hydrogen (secondary N) is 1. The van der Waals surface area contributed by atoms with Gasteiger partial charge in [-0.1, -0.05) is 66.7 Å². The Kier molecular flexibility index (Phi) is 4.31. The first-order valence-corrected chi connectivity index (χ1v) is 8.70. The number of hydrogen-bond donors (Lipinski definition) is 1. The maximum Gasteiger partial charge on any atom is 0.0208 e. The standard InChI is InChI=1S/C21H22BrN/c1-5-6-15(13-23-4)14-7-9-17-18-10-8-16(22)12-20(18)21(2,3)19(17)11-14/h5-12,23H,1,13H2,2-4H3/b15-6+. The highest BCUT2D eigenvalue weighted by Gasteiger charge is 2.35.